The summed E-state index contributed by atoms with van der Waals surface area (Å²) < 4.78 is 12.8. The third kappa shape index (κ3) is 2.46. The Bertz CT molecular complexity index is 580. The number of carbonyl (C=O) groups is 3. The van der Waals surface area contributed by atoms with Gasteiger partial charge in [0.2, 0.25) is 5.91 Å². The zero-order chi connectivity index (χ0) is 15.0. The molecular weight excluding hydrogens is 277 g/mol. The van der Waals surface area contributed by atoms with Gasteiger partial charge in [-0.1, -0.05) is 0 Å². The molecule has 0 bridgehead atoms. The molecule has 2 fully saturated rings. The van der Waals surface area contributed by atoms with Crippen molar-refractivity contribution >= 4 is 23.5 Å². The smallest absolute Gasteiger partial charge is 0.325 e. The van der Waals surface area contributed by atoms with E-state index in [0.717, 1.165) is 11.3 Å². The molecule has 0 aromatic heterocycles. The van der Waals surface area contributed by atoms with E-state index in [0.29, 0.717) is 18.7 Å². The molecule has 0 radical (unpaired) electrons. The van der Waals surface area contributed by atoms with Gasteiger partial charge >= 0.3 is 6.03 Å². The minimum Gasteiger partial charge on any atom is -0.325 e. The van der Waals surface area contributed by atoms with Crippen molar-refractivity contribution in [1.29, 1.82) is 0 Å². The molecular formula is C14H14FN3O3. The lowest BCUT2D eigenvalue weighted by atomic mass is 10.2. The fourth-order valence-electron chi connectivity index (χ4n) is 2.70. The highest BCUT2D eigenvalue weighted by Crippen LogP contribution is 2.27. The summed E-state index contributed by atoms with van der Waals surface area (Å²) >= 11 is 0. The molecule has 1 aromatic carbocycles. The van der Waals surface area contributed by atoms with Crippen molar-refractivity contribution in [2.24, 2.45) is 0 Å². The molecule has 110 valence electrons. The molecule has 0 saturated carbocycles. The van der Waals surface area contributed by atoms with Gasteiger partial charge in [0.15, 0.2) is 0 Å². The van der Waals surface area contributed by atoms with Crippen LogP contribution in [-0.4, -0.2) is 46.8 Å². The van der Waals surface area contributed by atoms with Crippen LogP contribution in [0.1, 0.15) is 12.8 Å². The molecule has 2 aliphatic heterocycles. The van der Waals surface area contributed by atoms with Gasteiger partial charge in [0, 0.05) is 12.2 Å². The van der Waals surface area contributed by atoms with Gasteiger partial charge in [0.05, 0.1) is 0 Å². The standard InChI is InChI=1S/C14H14FN3O3/c15-9-3-5-10(6-4-9)16-12(19)8-18-13(20)11-2-1-7-17(11)14(18)21/h3-6,11H,1-2,7-8H2,(H,16,19). The van der Waals surface area contributed by atoms with E-state index in [1.165, 1.54) is 29.2 Å². The van der Waals surface area contributed by atoms with Crippen LogP contribution >= 0.6 is 0 Å². The van der Waals surface area contributed by atoms with E-state index in [2.05, 4.69) is 5.32 Å². The summed E-state index contributed by atoms with van der Waals surface area (Å²) in [4.78, 5) is 38.5. The van der Waals surface area contributed by atoms with E-state index in [9.17, 15) is 18.8 Å². The maximum absolute atomic E-state index is 12.8. The SMILES string of the molecule is O=C(CN1C(=O)C2CCCN2C1=O)Nc1ccc(F)cc1. The lowest BCUT2D eigenvalue weighted by Gasteiger charge is -2.15. The van der Waals surface area contributed by atoms with Gasteiger partial charge in [-0.25, -0.2) is 9.18 Å². The van der Waals surface area contributed by atoms with Crippen LogP contribution in [0.5, 0.6) is 0 Å². The lowest BCUT2D eigenvalue weighted by molar-refractivity contribution is -0.131. The number of hydrogen-bond acceptors (Lipinski definition) is 3. The van der Waals surface area contributed by atoms with E-state index in [-0.39, 0.29) is 12.5 Å². The Morgan fingerprint density at radius 1 is 1.29 bits per heavy atom. The molecule has 1 aromatic rings. The van der Waals surface area contributed by atoms with Crippen molar-refractivity contribution in [2.45, 2.75) is 18.9 Å². The van der Waals surface area contributed by atoms with E-state index in [1.807, 2.05) is 0 Å². The number of hydrogen-bond donors (Lipinski definition) is 1. The average molecular weight is 291 g/mol. The first-order valence-electron chi connectivity index (χ1n) is 6.73. The number of nitrogens with zero attached hydrogens (tertiary/aromatic N) is 2. The quantitative estimate of drug-likeness (QED) is 0.850. The van der Waals surface area contributed by atoms with E-state index in [1.54, 1.807) is 0 Å². The molecule has 6 nitrogen and oxygen atoms in total. The minimum atomic E-state index is -0.482. The van der Waals surface area contributed by atoms with E-state index >= 15 is 0 Å². The first-order chi connectivity index (χ1) is 10.1. The zero-order valence-electron chi connectivity index (χ0n) is 11.2. The second kappa shape index (κ2) is 5.16. The fourth-order valence-corrected chi connectivity index (χ4v) is 2.70. The average Bonchev–Trinajstić information content (AvgIpc) is 3.02. The second-order valence-electron chi connectivity index (χ2n) is 5.11. The number of imide groups is 1. The van der Waals surface area contributed by atoms with Gasteiger partial charge < -0.3 is 10.2 Å². The van der Waals surface area contributed by atoms with Crippen molar-refractivity contribution in [3.63, 3.8) is 0 Å². The van der Waals surface area contributed by atoms with Crippen LogP contribution in [0.25, 0.3) is 0 Å². The Morgan fingerprint density at radius 2 is 2.00 bits per heavy atom. The van der Waals surface area contributed by atoms with Gasteiger partial charge in [-0.15, -0.1) is 0 Å². The molecule has 4 amide bonds. The molecule has 21 heavy (non-hydrogen) atoms. The molecule has 0 spiro atoms. The number of amides is 4. The number of carbonyl (C=O) groups excluding carboxylic acids is 3. The summed E-state index contributed by atoms with van der Waals surface area (Å²) in [5.74, 6) is -1.20. The molecule has 3 rings (SSSR count). The van der Waals surface area contributed by atoms with Crippen molar-refractivity contribution in [3.8, 4) is 0 Å². The van der Waals surface area contributed by atoms with Gasteiger partial charge in [-0.05, 0) is 37.1 Å². The predicted molar refractivity (Wildman–Crippen MR) is 71.9 cm³/mol. The molecule has 2 heterocycles. The Balaban J connectivity index is 1.64. The molecule has 1 N–H and O–H groups in total. The van der Waals surface area contributed by atoms with Crippen LogP contribution in [0.15, 0.2) is 24.3 Å². The minimum absolute atomic E-state index is 0.313. The monoisotopic (exact) mass is 291 g/mol. The van der Waals surface area contributed by atoms with Crippen LogP contribution < -0.4 is 5.32 Å². The van der Waals surface area contributed by atoms with Gasteiger partial charge in [0.1, 0.15) is 18.4 Å². The Hall–Kier alpha value is -2.44. The number of fused-ring (bicyclic) bond motifs is 1. The van der Waals surface area contributed by atoms with E-state index in [4.69, 9.17) is 0 Å². The first-order valence-corrected chi connectivity index (χ1v) is 6.73. The normalized spacial score (nSPS) is 20.9. The van der Waals surface area contributed by atoms with Gasteiger partial charge in [0.25, 0.3) is 5.91 Å². The molecule has 1 atom stereocenters. The molecule has 0 aliphatic carbocycles. The summed E-state index contributed by atoms with van der Waals surface area (Å²) in [6.07, 6.45) is 1.47. The maximum Gasteiger partial charge on any atom is 0.327 e. The largest absolute Gasteiger partial charge is 0.327 e. The number of urea groups is 1. The molecule has 7 heteroatoms. The summed E-state index contributed by atoms with van der Waals surface area (Å²) in [7, 11) is 0. The lowest BCUT2D eigenvalue weighted by Crippen LogP contribution is -2.39. The van der Waals surface area contributed by atoms with Crippen molar-refractivity contribution < 1.29 is 18.8 Å². The van der Waals surface area contributed by atoms with Crippen LogP contribution in [0.2, 0.25) is 0 Å². The Morgan fingerprint density at radius 3 is 2.67 bits per heavy atom. The van der Waals surface area contributed by atoms with Crippen LogP contribution in [-0.2, 0) is 9.59 Å². The number of rotatable bonds is 3. The summed E-state index contributed by atoms with van der Waals surface area (Å²) in [6, 6.07) is 4.46. The van der Waals surface area contributed by atoms with Crippen LogP contribution in [0.4, 0.5) is 14.9 Å². The Labute approximate surface area is 120 Å². The number of halogens is 1. The first kappa shape index (κ1) is 13.5. The highest BCUT2D eigenvalue weighted by Gasteiger charge is 2.47. The van der Waals surface area contributed by atoms with Crippen molar-refractivity contribution in [1.82, 2.24) is 9.80 Å². The highest BCUT2D eigenvalue weighted by atomic mass is 19.1. The third-order valence-electron chi connectivity index (χ3n) is 3.71. The predicted octanol–water partition coefficient (Wildman–Crippen LogP) is 1.19. The Kier molecular flexibility index (Phi) is 3.32. The zero-order valence-corrected chi connectivity index (χ0v) is 11.2. The highest BCUT2D eigenvalue weighted by molar-refractivity contribution is 6.08. The van der Waals surface area contributed by atoms with Crippen molar-refractivity contribution in [2.75, 3.05) is 18.4 Å². The second-order valence-corrected chi connectivity index (χ2v) is 5.11. The van der Waals surface area contributed by atoms with Crippen molar-refractivity contribution in [3.05, 3.63) is 30.1 Å². The van der Waals surface area contributed by atoms with Crippen LogP contribution in [0.3, 0.4) is 0 Å². The van der Waals surface area contributed by atoms with Gasteiger partial charge in [-0.3, -0.25) is 14.5 Å². The van der Waals surface area contributed by atoms with Gasteiger partial charge in [-0.2, -0.15) is 0 Å². The molecule has 1 unspecified atom stereocenters. The molecule has 2 aliphatic rings. The number of benzene rings is 1. The third-order valence-corrected chi connectivity index (χ3v) is 3.71. The summed E-state index contributed by atoms with van der Waals surface area (Å²) in [6.45, 7) is 0.243. The number of nitrogens with one attached hydrogen (secondary N) is 1. The van der Waals surface area contributed by atoms with E-state index < -0.39 is 23.8 Å². The summed E-state index contributed by atoms with van der Waals surface area (Å²) in [5.41, 5.74) is 0.418. The summed E-state index contributed by atoms with van der Waals surface area (Å²) in [5, 5.41) is 2.53. The maximum atomic E-state index is 12.8. The topological polar surface area (TPSA) is 69.7 Å². The fraction of sp³-hybridized carbons (Fsp3) is 0.357. The number of anilines is 1. The molecule has 2 saturated heterocycles. The van der Waals surface area contributed by atoms with Crippen LogP contribution in [0, 0.1) is 5.82 Å².